The standard InChI is InChI=1S/4C6H15O2PS2.Mo.OS/c4*1-5(2)8-9(7,10)11-6(3)4;;1-2/h4*5-6H,1-4H3,(H,7,10);;/q;;;;+4;/p-4. The second-order valence-corrected chi connectivity index (χ2v) is 36.9. The van der Waals surface area contributed by atoms with E-state index in [1.165, 1.54) is 45.5 Å². The van der Waals surface area contributed by atoms with Crippen molar-refractivity contribution in [2.75, 3.05) is 0 Å². The Hall–Kier alpha value is 4.39. The molecule has 47 heavy (non-hydrogen) atoms. The Morgan fingerprint density at radius 1 is 0.383 bits per heavy atom. The molecule has 0 aromatic heterocycles. The Kier molecular flexibility index (Phi) is 45.4. The SMILES string of the molecule is CC(C)OP([O-])(=S)SC(C)C.CC(C)OP([O-])(=S)SC(C)C.CC(C)OP([O-])(=S)SC(C)C.CC(C)OP([O-])(=S)SC(C)C.O=S.[Mo+4]. The van der Waals surface area contributed by atoms with Crippen molar-refractivity contribution in [3.63, 3.8) is 0 Å². The summed E-state index contributed by atoms with van der Waals surface area (Å²) in [5, 5.41) is 1.04. The molecule has 0 aliphatic heterocycles. The van der Waals surface area contributed by atoms with E-state index in [1.54, 1.807) is 0 Å². The van der Waals surface area contributed by atoms with Crippen LogP contribution in [-0.4, -0.2) is 49.6 Å². The number of rotatable bonds is 16. The molecule has 23 heteroatoms. The van der Waals surface area contributed by atoms with Crippen LogP contribution in [0.25, 0.3) is 0 Å². The molecule has 0 saturated heterocycles. The first-order valence-corrected chi connectivity index (χ1v) is 31.0. The van der Waals surface area contributed by atoms with E-state index < -0.39 is 22.8 Å². The van der Waals surface area contributed by atoms with Crippen LogP contribution in [0.1, 0.15) is 111 Å². The minimum absolute atomic E-state index is 0. The predicted molar refractivity (Wildman–Crippen MR) is 221 cm³/mol. The molecule has 0 aromatic rings. The third-order valence-electron chi connectivity index (χ3n) is 2.72. The summed E-state index contributed by atoms with van der Waals surface area (Å²) in [7, 11) is 0. The summed E-state index contributed by atoms with van der Waals surface area (Å²) in [5.74, 6) is 0. The van der Waals surface area contributed by atoms with Gasteiger partial charge in [-0.2, -0.15) is 4.21 Å². The Labute approximate surface area is 343 Å². The van der Waals surface area contributed by atoms with Crippen LogP contribution in [0.4, 0.5) is 0 Å². The molecule has 0 aromatic carbocycles. The summed E-state index contributed by atoms with van der Waals surface area (Å²) in [6, 6.07) is 0. The second-order valence-electron chi connectivity index (χ2n) is 11.0. The first-order chi connectivity index (χ1) is 20.3. The third-order valence-corrected chi connectivity index (χ3v) is 21.5. The van der Waals surface area contributed by atoms with Gasteiger partial charge in [-0.3, -0.25) is 0 Å². The quantitative estimate of drug-likeness (QED) is 0.108. The molecular formula is C24H56MoO9P4S9. The van der Waals surface area contributed by atoms with Crippen LogP contribution >= 0.6 is 68.3 Å². The summed E-state index contributed by atoms with van der Waals surface area (Å²) >= 11 is 26.9. The zero-order chi connectivity index (χ0) is 38.3. The normalized spacial score (nSPS) is 16.3. The fourth-order valence-corrected chi connectivity index (χ4v) is 23.6. The van der Waals surface area contributed by atoms with Gasteiger partial charge in [-0.25, -0.2) is 0 Å². The molecule has 0 bridgehead atoms. The van der Waals surface area contributed by atoms with Crippen molar-refractivity contribution < 1.29 is 62.9 Å². The van der Waals surface area contributed by atoms with Gasteiger partial charge in [0.15, 0.2) is 12.5 Å². The van der Waals surface area contributed by atoms with Crippen molar-refractivity contribution >= 4 is 128 Å². The zero-order valence-corrected chi connectivity index (χ0v) is 43.1. The van der Waals surface area contributed by atoms with Gasteiger partial charge in [0.25, 0.3) is 0 Å². The second kappa shape index (κ2) is 33.7. The first kappa shape index (κ1) is 63.3. The van der Waals surface area contributed by atoms with Crippen LogP contribution in [-0.2, 0) is 98.9 Å². The first-order valence-electron chi connectivity index (χ1n) is 14.2. The summed E-state index contributed by atoms with van der Waals surface area (Å²) in [4.78, 5) is 45.6. The van der Waals surface area contributed by atoms with E-state index in [1.807, 2.05) is 111 Å². The van der Waals surface area contributed by atoms with Gasteiger partial charge in [-0.05, 0) is 55.4 Å². The van der Waals surface area contributed by atoms with Crippen molar-refractivity contribution in [1.29, 1.82) is 0 Å². The molecule has 0 radical (unpaired) electrons. The Morgan fingerprint density at radius 3 is 0.553 bits per heavy atom. The molecule has 0 aliphatic carbocycles. The average Bonchev–Trinajstić information content (AvgIpc) is 2.68. The zero-order valence-electron chi connectivity index (χ0n) is 30.2. The molecular weight excluding hydrogens is 941 g/mol. The van der Waals surface area contributed by atoms with E-state index in [0.29, 0.717) is 0 Å². The Morgan fingerprint density at radius 2 is 0.489 bits per heavy atom. The maximum absolute atomic E-state index is 11.4. The number of hydrogen-bond donors (Lipinski definition) is 0. The van der Waals surface area contributed by atoms with Crippen LogP contribution in [0.15, 0.2) is 0 Å². The maximum atomic E-state index is 11.4. The Bertz CT molecular complexity index is 750. The van der Waals surface area contributed by atoms with Gasteiger partial charge in [0.2, 0.25) is 0 Å². The fraction of sp³-hybridized carbons (Fsp3) is 1.00. The van der Waals surface area contributed by atoms with Crippen LogP contribution in [0.3, 0.4) is 0 Å². The monoisotopic (exact) mass is 998 g/mol. The summed E-state index contributed by atoms with van der Waals surface area (Å²) in [5.41, 5.74) is -11.2. The Balaban J connectivity index is -0.000000116. The van der Waals surface area contributed by atoms with Gasteiger partial charge in [-0.1, -0.05) is 103 Å². The van der Waals surface area contributed by atoms with Crippen molar-refractivity contribution in [3.05, 3.63) is 0 Å². The molecule has 0 fully saturated rings. The fourth-order valence-electron chi connectivity index (χ4n) is 2.16. The molecule has 4 unspecified atom stereocenters. The topological polar surface area (TPSA) is 146 Å². The molecule has 0 N–H and O–H groups in total. The van der Waals surface area contributed by atoms with E-state index in [2.05, 4.69) is 12.5 Å². The van der Waals surface area contributed by atoms with E-state index >= 15 is 0 Å². The average molecular weight is 997 g/mol. The van der Waals surface area contributed by atoms with Crippen molar-refractivity contribution in [1.82, 2.24) is 0 Å². The summed E-state index contributed by atoms with van der Waals surface area (Å²) in [6.07, 6.45) is -0.205. The van der Waals surface area contributed by atoms with Crippen LogP contribution in [0, 0.1) is 0 Å². The van der Waals surface area contributed by atoms with Crippen LogP contribution < -0.4 is 19.6 Å². The molecule has 0 heterocycles. The molecule has 0 amide bonds. The third kappa shape index (κ3) is 59.9. The molecule has 0 spiro atoms. The van der Waals surface area contributed by atoms with Gasteiger partial charge in [0.05, 0.1) is 24.4 Å². The van der Waals surface area contributed by atoms with Crippen molar-refractivity contribution in [2.24, 2.45) is 0 Å². The number of hydrogen-bond acceptors (Lipinski definition) is 18. The predicted octanol–water partition coefficient (Wildman–Crippen LogP) is 8.21. The van der Waals surface area contributed by atoms with E-state index in [9.17, 15) is 19.6 Å². The van der Waals surface area contributed by atoms with Crippen molar-refractivity contribution in [2.45, 2.75) is 156 Å². The molecule has 286 valence electrons. The van der Waals surface area contributed by atoms with Crippen LogP contribution in [0.5, 0.6) is 0 Å². The van der Waals surface area contributed by atoms with E-state index in [4.69, 9.17) is 69.5 Å². The van der Waals surface area contributed by atoms with Gasteiger partial charge in [0.1, 0.15) is 0 Å². The largest absolute Gasteiger partial charge is 4.00 e. The molecule has 0 aliphatic rings. The molecule has 9 nitrogen and oxygen atoms in total. The smallest absolute Gasteiger partial charge is 0.793 e. The van der Waals surface area contributed by atoms with Crippen molar-refractivity contribution in [3.8, 4) is 0 Å². The van der Waals surface area contributed by atoms with Gasteiger partial charge in [0, 0.05) is 43.8 Å². The molecule has 0 rings (SSSR count). The molecule has 0 saturated carbocycles. The minimum atomic E-state index is -2.80. The van der Waals surface area contributed by atoms with Gasteiger partial charge < -0.3 is 37.7 Å². The van der Waals surface area contributed by atoms with E-state index in [-0.39, 0.29) is 66.5 Å². The van der Waals surface area contributed by atoms with Gasteiger partial charge in [-0.15, -0.1) is 45.5 Å². The molecule has 4 atom stereocenters. The van der Waals surface area contributed by atoms with Crippen LogP contribution in [0.2, 0.25) is 0 Å². The summed E-state index contributed by atoms with van der Waals surface area (Å²) in [6.45, 7) is 30.3. The van der Waals surface area contributed by atoms with Gasteiger partial charge >= 0.3 is 21.1 Å². The van der Waals surface area contributed by atoms with E-state index in [0.717, 1.165) is 0 Å². The maximum Gasteiger partial charge on any atom is 4.00 e. The minimum Gasteiger partial charge on any atom is -0.793 e. The summed E-state index contributed by atoms with van der Waals surface area (Å²) < 4.78 is 28.2.